The van der Waals surface area contributed by atoms with Crippen molar-refractivity contribution in [1.29, 1.82) is 0 Å². The minimum Gasteiger partial charge on any atom is -0.465 e. The van der Waals surface area contributed by atoms with Crippen LogP contribution in [-0.4, -0.2) is 30.3 Å². The van der Waals surface area contributed by atoms with E-state index in [1.54, 1.807) is 30.3 Å². The molecule has 1 amide bonds. The first-order valence-electron chi connectivity index (χ1n) is 10.6. The van der Waals surface area contributed by atoms with Crippen molar-refractivity contribution in [3.05, 3.63) is 71.3 Å². The minimum absolute atomic E-state index is 0.0658. The zero-order valence-corrected chi connectivity index (χ0v) is 18.4. The Hall–Kier alpha value is -4.01. The van der Waals surface area contributed by atoms with Crippen molar-refractivity contribution >= 4 is 17.7 Å². The van der Waals surface area contributed by atoms with Gasteiger partial charge in [-0.05, 0) is 61.2 Å². The van der Waals surface area contributed by atoms with Gasteiger partial charge in [0, 0.05) is 5.56 Å². The molecule has 0 unspecified atom stereocenters. The van der Waals surface area contributed by atoms with Gasteiger partial charge in [0.1, 0.15) is 5.82 Å². The number of pyridine rings is 1. The number of anilines is 1. The number of alkyl halides is 2. The fourth-order valence-corrected chi connectivity index (χ4v) is 4.06. The molecular formula is C25H20F2N2O5. The SMILES string of the molecule is COC(=O)c1cccc(-c2nc(NC(=O)C3(c4ccc5c(c4)OC(F)(F)O5)CC3)ccc2C)c1. The molecule has 0 radical (unpaired) electrons. The lowest BCUT2D eigenvalue weighted by Gasteiger charge is -2.17. The lowest BCUT2D eigenvalue weighted by Crippen LogP contribution is -2.28. The van der Waals surface area contributed by atoms with E-state index in [1.165, 1.54) is 19.2 Å². The first-order valence-corrected chi connectivity index (χ1v) is 10.6. The Morgan fingerprint density at radius 1 is 1.03 bits per heavy atom. The molecule has 7 nitrogen and oxygen atoms in total. The number of nitrogens with one attached hydrogen (secondary N) is 1. The molecule has 9 heteroatoms. The predicted octanol–water partition coefficient (Wildman–Crippen LogP) is 4.84. The first-order chi connectivity index (χ1) is 16.2. The number of hydrogen-bond donors (Lipinski definition) is 1. The van der Waals surface area contributed by atoms with Crippen LogP contribution in [0.5, 0.6) is 11.5 Å². The van der Waals surface area contributed by atoms with Gasteiger partial charge in [0.15, 0.2) is 11.5 Å². The quantitative estimate of drug-likeness (QED) is 0.542. The monoisotopic (exact) mass is 466 g/mol. The molecule has 1 aromatic heterocycles. The molecule has 1 aliphatic carbocycles. The number of ether oxygens (including phenoxy) is 3. The van der Waals surface area contributed by atoms with Crippen LogP contribution in [-0.2, 0) is 14.9 Å². The fourth-order valence-electron chi connectivity index (χ4n) is 4.06. The van der Waals surface area contributed by atoms with Gasteiger partial charge in [0.2, 0.25) is 5.91 Å². The minimum atomic E-state index is -3.71. The van der Waals surface area contributed by atoms with Crippen LogP contribution in [0.25, 0.3) is 11.3 Å². The number of benzene rings is 2. The second-order valence-corrected chi connectivity index (χ2v) is 8.30. The van der Waals surface area contributed by atoms with E-state index < -0.39 is 17.7 Å². The number of aromatic nitrogens is 1. The lowest BCUT2D eigenvalue weighted by molar-refractivity contribution is -0.286. The van der Waals surface area contributed by atoms with Crippen molar-refractivity contribution in [1.82, 2.24) is 4.98 Å². The van der Waals surface area contributed by atoms with E-state index in [2.05, 4.69) is 19.8 Å². The Balaban J connectivity index is 1.40. The number of halogens is 2. The maximum Gasteiger partial charge on any atom is 0.586 e. The van der Waals surface area contributed by atoms with Crippen LogP contribution in [0.15, 0.2) is 54.6 Å². The Bertz CT molecular complexity index is 1320. The number of nitrogens with zero attached hydrogens (tertiary/aromatic N) is 1. The zero-order valence-electron chi connectivity index (χ0n) is 18.4. The molecule has 1 saturated carbocycles. The summed E-state index contributed by atoms with van der Waals surface area (Å²) in [5, 5.41) is 2.85. The Morgan fingerprint density at radius 3 is 2.53 bits per heavy atom. The number of carbonyl (C=O) groups is 2. The van der Waals surface area contributed by atoms with Gasteiger partial charge in [-0.2, -0.15) is 0 Å². The molecule has 0 spiro atoms. The molecule has 0 bridgehead atoms. The van der Waals surface area contributed by atoms with E-state index in [-0.39, 0.29) is 17.4 Å². The summed E-state index contributed by atoms with van der Waals surface area (Å²) in [6.45, 7) is 1.88. The van der Waals surface area contributed by atoms with Gasteiger partial charge in [-0.15, -0.1) is 8.78 Å². The number of hydrogen-bond acceptors (Lipinski definition) is 6. The maximum atomic E-state index is 13.4. The van der Waals surface area contributed by atoms with E-state index in [4.69, 9.17) is 4.74 Å². The van der Waals surface area contributed by atoms with Gasteiger partial charge in [0.25, 0.3) is 0 Å². The molecule has 0 saturated heterocycles. The van der Waals surface area contributed by atoms with Crippen LogP contribution in [0.1, 0.15) is 34.3 Å². The lowest BCUT2D eigenvalue weighted by atomic mass is 9.94. The Kier molecular flexibility index (Phi) is 5.00. The summed E-state index contributed by atoms with van der Waals surface area (Å²) in [6.07, 6.45) is -2.59. The zero-order chi connectivity index (χ0) is 24.1. The van der Waals surface area contributed by atoms with E-state index in [0.717, 1.165) is 5.56 Å². The number of amides is 1. The summed E-state index contributed by atoms with van der Waals surface area (Å²) in [5.41, 5.74) is 2.28. The molecule has 1 N–H and O–H groups in total. The van der Waals surface area contributed by atoms with Gasteiger partial charge in [-0.3, -0.25) is 4.79 Å². The highest BCUT2D eigenvalue weighted by Gasteiger charge is 2.53. The van der Waals surface area contributed by atoms with E-state index in [9.17, 15) is 18.4 Å². The predicted molar refractivity (Wildman–Crippen MR) is 118 cm³/mol. The second-order valence-electron chi connectivity index (χ2n) is 8.30. The summed E-state index contributed by atoms with van der Waals surface area (Å²) < 4.78 is 40.5. The van der Waals surface area contributed by atoms with Crippen molar-refractivity contribution in [2.24, 2.45) is 0 Å². The number of fused-ring (bicyclic) bond motifs is 1. The third kappa shape index (κ3) is 3.83. The number of carbonyl (C=O) groups excluding carboxylic acids is 2. The van der Waals surface area contributed by atoms with Crippen LogP contribution in [0.3, 0.4) is 0 Å². The first kappa shape index (κ1) is 21.8. The number of esters is 1. The van der Waals surface area contributed by atoms with E-state index in [1.807, 2.05) is 19.1 Å². The standard InChI is InChI=1S/C25H20F2N2O5/c1-14-6-9-20(28-21(14)15-4-3-5-16(12-15)22(30)32-2)29-23(31)24(10-11-24)17-7-8-18-19(13-17)34-25(26,27)33-18/h3-9,12-13H,10-11H2,1-2H3,(H,28,29,31). The van der Waals surface area contributed by atoms with Crippen molar-refractivity contribution in [3.8, 4) is 22.8 Å². The normalized spacial score (nSPS) is 16.6. The van der Waals surface area contributed by atoms with Crippen LogP contribution in [0.2, 0.25) is 0 Å². The molecule has 0 atom stereocenters. The van der Waals surface area contributed by atoms with E-state index in [0.29, 0.717) is 41.0 Å². The third-order valence-electron chi connectivity index (χ3n) is 6.03. The topological polar surface area (TPSA) is 86.8 Å². The summed E-state index contributed by atoms with van der Waals surface area (Å²) in [6, 6.07) is 14.8. The smallest absolute Gasteiger partial charge is 0.465 e. The van der Waals surface area contributed by atoms with E-state index >= 15 is 0 Å². The van der Waals surface area contributed by atoms with Crippen LogP contribution in [0.4, 0.5) is 14.6 Å². The largest absolute Gasteiger partial charge is 0.586 e. The number of methoxy groups -OCH3 is 1. The maximum absolute atomic E-state index is 13.4. The summed E-state index contributed by atoms with van der Waals surface area (Å²) >= 11 is 0. The number of rotatable bonds is 5. The van der Waals surface area contributed by atoms with Crippen LogP contribution in [0, 0.1) is 6.92 Å². The summed E-state index contributed by atoms with van der Waals surface area (Å²) in [5.74, 6) is -0.565. The number of aryl methyl sites for hydroxylation is 1. The molecular weight excluding hydrogens is 446 g/mol. The molecule has 2 aliphatic rings. The van der Waals surface area contributed by atoms with Gasteiger partial charge < -0.3 is 19.5 Å². The molecule has 3 aromatic rings. The molecule has 2 aromatic carbocycles. The van der Waals surface area contributed by atoms with Crippen molar-refractivity contribution in [2.45, 2.75) is 31.5 Å². The van der Waals surface area contributed by atoms with Crippen molar-refractivity contribution < 1.29 is 32.6 Å². The second kappa shape index (κ2) is 7.79. The average molecular weight is 466 g/mol. The summed E-state index contributed by atoms with van der Waals surface area (Å²) in [7, 11) is 1.31. The van der Waals surface area contributed by atoms with Gasteiger partial charge in [-0.25, -0.2) is 9.78 Å². The van der Waals surface area contributed by atoms with Crippen molar-refractivity contribution in [3.63, 3.8) is 0 Å². The highest BCUT2D eigenvalue weighted by Crippen LogP contribution is 2.52. The molecule has 34 heavy (non-hydrogen) atoms. The van der Waals surface area contributed by atoms with Crippen LogP contribution < -0.4 is 14.8 Å². The van der Waals surface area contributed by atoms with Gasteiger partial charge in [-0.1, -0.05) is 24.3 Å². The Labute approximate surface area is 193 Å². The van der Waals surface area contributed by atoms with Gasteiger partial charge >= 0.3 is 12.3 Å². The molecule has 5 rings (SSSR count). The van der Waals surface area contributed by atoms with Gasteiger partial charge in [0.05, 0.1) is 23.8 Å². The molecule has 174 valence electrons. The molecule has 1 fully saturated rings. The highest BCUT2D eigenvalue weighted by atomic mass is 19.3. The molecule has 1 aliphatic heterocycles. The summed E-state index contributed by atoms with van der Waals surface area (Å²) in [4.78, 5) is 29.7. The highest BCUT2D eigenvalue weighted by molar-refractivity contribution is 6.01. The fraction of sp³-hybridized carbons (Fsp3) is 0.240. The van der Waals surface area contributed by atoms with Crippen LogP contribution >= 0.6 is 0 Å². The molecule has 2 heterocycles. The third-order valence-corrected chi connectivity index (χ3v) is 6.03. The van der Waals surface area contributed by atoms with Crippen molar-refractivity contribution in [2.75, 3.05) is 12.4 Å². The average Bonchev–Trinajstić information content (AvgIpc) is 3.57. The Morgan fingerprint density at radius 2 is 1.79 bits per heavy atom.